The molecule has 0 amide bonds. The number of piperazine rings is 1. The van der Waals surface area contributed by atoms with E-state index in [0.717, 1.165) is 39.1 Å². The van der Waals surface area contributed by atoms with Gasteiger partial charge in [0.1, 0.15) is 0 Å². The molecule has 4 heteroatoms. The average Bonchev–Trinajstić information content (AvgIpc) is 3.12. The Bertz CT molecular complexity index is 719. The maximum Gasteiger partial charge on any atom is 0.159 e. The van der Waals surface area contributed by atoms with E-state index >= 15 is 0 Å². The zero-order valence-electron chi connectivity index (χ0n) is 14.8. The number of nitrogens with zero attached hydrogens (tertiary/aromatic N) is 3. The summed E-state index contributed by atoms with van der Waals surface area (Å²) in [5, 5.41) is 1.84. The molecule has 0 N–H and O–H groups in total. The SMILES string of the molecule is Cc1ccc(N2CCN(C3=NC[C@H](Cc4ccccc4)S3)CC2)cc1. The van der Waals surface area contributed by atoms with Crippen LogP contribution in [0.2, 0.25) is 0 Å². The molecule has 0 spiro atoms. The van der Waals surface area contributed by atoms with E-state index in [9.17, 15) is 0 Å². The van der Waals surface area contributed by atoms with Crippen molar-refractivity contribution < 1.29 is 0 Å². The summed E-state index contributed by atoms with van der Waals surface area (Å²) < 4.78 is 0. The highest BCUT2D eigenvalue weighted by Gasteiger charge is 2.26. The fourth-order valence-electron chi connectivity index (χ4n) is 3.47. The number of aryl methyl sites for hydroxylation is 1. The Labute approximate surface area is 154 Å². The van der Waals surface area contributed by atoms with E-state index < -0.39 is 0 Å². The maximum atomic E-state index is 4.83. The Kier molecular flexibility index (Phi) is 4.97. The van der Waals surface area contributed by atoms with Crippen molar-refractivity contribution in [2.24, 2.45) is 4.99 Å². The Morgan fingerprint density at radius 3 is 2.32 bits per heavy atom. The van der Waals surface area contributed by atoms with Crippen molar-refractivity contribution in [1.29, 1.82) is 0 Å². The molecule has 2 heterocycles. The van der Waals surface area contributed by atoms with Crippen LogP contribution in [0.3, 0.4) is 0 Å². The van der Waals surface area contributed by atoms with Gasteiger partial charge in [-0.1, -0.05) is 59.8 Å². The first-order valence-electron chi connectivity index (χ1n) is 9.09. The summed E-state index contributed by atoms with van der Waals surface area (Å²) in [7, 11) is 0. The van der Waals surface area contributed by atoms with Crippen LogP contribution in [-0.4, -0.2) is 48.0 Å². The zero-order chi connectivity index (χ0) is 17.1. The van der Waals surface area contributed by atoms with Gasteiger partial charge < -0.3 is 9.80 Å². The van der Waals surface area contributed by atoms with E-state index in [1.165, 1.54) is 22.0 Å². The molecule has 4 rings (SSSR count). The summed E-state index contributed by atoms with van der Waals surface area (Å²) in [6.07, 6.45) is 1.11. The Morgan fingerprint density at radius 1 is 0.920 bits per heavy atom. The van der Waals surface area contributed by atoms with Crippen molar-refractivity contribution in [3.63, 3.8) is 0 Å². The van der Waals surface area contributed by atoms with E-state index in [4.69, 9.17) is 4.99 Å². The van der Waals surface area contributed by atoms with E-state index in [-0.39, 0.29) is 0 Å². The minimum Gasteiger partial charge on any atom is -0.368 e. The van der Waals surface area contributed by atoms with Gasteiger partial charge in [0.25, 0.3) is 0 Å². The van der Waals surface area contributed by atoms with Crippen molar-refractivity contribution in [2.75, 3.05) is 37.6 Å². The molecule has 25 heavy (non-hydrogen) atoms. The molecule has 2 aliphatic heterocycles. The quantitative estimate of drug-likeness (QED) is 0.837. The van der Waals surface area contributed by atoms with Crippen LogP contribution < -0.4 is 4.90 Å². The van der Waals surface area contributed by atoms with Crippen molar-refractivity contribution >= 4 is 22.6 Å². The number of hydrogen-bond donors (Lipinski definition) is 0. The van der Waals surface area contributed by atoms with Crippen LogP contribution in [0.4, 0.5) is 5.69 Å². The third-order valence-corrected chi connectivity index (χ3v) is 6.20. The van der Waals surface area contributed by atoms with Crippen molar-refractivity contribution in [3.8, 4) is 0 Å². The summed E-state index contributed by atoms with van der Waals surface area (Å²) in [6.45, 7) is 7.38. The van der Waals surface area contributed by atoms with Gasteiger partial charge in [-0.15, -0.1) is 0 Å². The normalized spacial score (nSPS) is 20.7. The standard InChI is InChI=1S/C21H25N3S/c1-17-7-9-19(10-8-17)23-11-13-24(14-12-23)21-22-16-20(25-21)15-18-5-3-2-4-6-18/h2-10,20H,11-16H2,1H3/t20-/m0/s1. The lowest BCUT2D eigenvalue weighted by Gasteiger charge is -2.37. The van der Waals surface area contributed by atoms with Crippen molar-refractivity contribution in [3.05, 3.63) is 65.7 Å². The molecular formula is C21H25N3S. The van der Waals surface area contributed by atoms with Gasteiger partial charge >= 0.3 is 0 Å². The second kappa shape index (κ2) is 7.52. The van der Waals surface area contributed by atoms with Crippen LogP contribution in [0.1, 0.15) is 11.1 Å². The Hall–Kier alpha value is -1.94. The monoisotopic (exact) mass is 351 g/mol. The molecule has 1 fully saturated rings. The number of hydrogen-bond acceptors (Lipinski definition) is 4. The molecule has 0 bridgehead atoms. The Balaban J connectivity index is 1.29. The number of benzene rings is 2. The lowest BCUT2D eigenvalue weighted by atomic mass is 10.1. The van der Waals surface area contributed by atoms with Gasteiger partial charge in [0.2, 0.25) is 0 Å². The zero-order valence-corrected chi connectivity index (χ0v) is 15.6. The lowest BCUT2D eigenvalue weighted by Crippen LogP contribution is -2.47. The fraction of sp³-hybridized carbons (Fsp3) is 0.381. The van der Waals surface area contributed by atoms with E-state index in [0.29, 0.717) is 5.25 Å². The summed E-state index contributed by atoms with van der Waals surface area (Å²) in [6, 6.07) is 19.7. The molecule has 3 nitrogen and oxygen atoms in total. The molecule has 0 aromatic heterocycles. The van der Waals surface area contributed by atoms with Gasteiger partial charge in [-0.2, -0.15) is 0 Å². The van der Waals surface area contributed by atoms with Crippen LogP contribution >= 0.6 is 11.8 Å². The minimum absolute atomic E-state index is 0.590. The predicted molar refractivity (Wildman–Crippen MR) is 109 cm³/mol. The molecule has 2 aromatic carbocycles. The molecule has 0 aliphatic carbocycles. The predicted octanol–water partition coefficient (Wildman–Crippen LogP) is 3.83. The molecular weight excluding hydrogens is 326 g/mol. The van der Waals surface area contributed by atoms with E-state index in [2.05, 4.69) is 71.3 Å². The molecule has 1 saturated heterocycles. The number of thioether (sulfide) groups is 1. The van der Waals surface area contributed by atoms with Crippen molar-refractivity contribution in [2.45, 2.75) is 18.6 Å². The first kappa shape index (κ1) is 16.5. The van der Waals surface area contributed by atoms with Crippen LogP contribution in [0.5, 0.6) is 0 Å². The summed E-state index contributed by atoms with van der Waals surface area (Å²) >= 11 is 1.97. The van der Waals surface area contributed by atoms with Crippen LogP contribution in [0.25, 0.3) is 0 Å². The van der Waals surface area contributed by atoms with Gasteiger partial charge in [-0.25, -0.2) is 0 Å². The van der Waals surface area contributed by atoms with Crippen LogP contribution in [0, 0.1) is 6.92 Å². The van der Waals surface area contributed by atoms with Gasteiger partial charge in [0.05, 0.1) is 6.54 Å². The molecule has 0 unspecified atom stereocenters. The molecule has 1 atom stereocenters. The summed E-state index contributed by atoms with van der Waals surface area (Å²) in [5.74, 6) is 0. The van der Waals surface area contributed by atoms with E-state index in [1.807, 2.05) is 11.8 Å². The van der Waals surface area contributed by atoms with E-state index in [1.54, 1.807) is 0 Å². The third kappa shape index (κ3) is 4.01. The first-order valence-corrected chi connectivity index (χ1v) is 9.97. The highest BCUT2D eigenvalue weighted by Crippen LogP contribution is 2.27. The minimum atomic E-state index is 0.590. The number of amidine groups is 1. The smallest absolute Gasteiger partial charge is 0.159 e. The second-order valence-corrected chi connectivity index (χ2v) is 8.13. The summed E-state index contributed by atoms with van der Waals surface area (Å²) in [4.78, 5) is 9.79. The third-order valence-electron chi connectivity index (χ3n) is 4.96. The molecule has 0 radical (unpaired) electrons. The van der Waals surface area contributed by atoms with Crippen LogP contribution in [-0.2, 0) is 6.42 Å². The first-order chi connectivity index (χ1) is 12.3. The highest BCUT2D eigenvalue weighted by atomic mass is 32.2. The average molecular weight is 352 g/mol. The highest BCUT2D eigenvalue weighted by molar-refractivity contribution is 8.14. The maximum absolute atomic E-state index is 4.83. The molecule has 2 aromatic rings. The Morgan fingerprint density at radius 2 is 1.60 bits per heavy atom. The number of anilines is 1. The second-order valence-electron chi connectivity index (χ2n) is 6.86. The van der Waals surface area contributed by atoms with Crippen LogP contribution in [0.15, 0.2) is 59.6 Å². The molecule has 130 valence electrons. The topological polar surface area (TPSA) is 18.8 Å². The number of aliphatic imine (C=N–C) groups is 1. The van der Waals surface area contributed by atoms with Gasteiger partial charge in [0.15, 0.2) is 5.17 Å². The molecule has 0 saturated carbocycles. The summed E-state index contributed by atoms with van der Waals surface area (Å²) in [5.41, 5.74) is 4.08. The lowest BCUT2D eigenvalue weighted by molar-refractivity contribution is 0.392. The van der Waals surface area contributed by atoms with Gasteiger partial charge in [-0.05, 0) is 31.0 Å². The van der Waals surface area contributed by atoms with Crippen molar-refractivity contribution in [1.82, 2.24) is 4.90 Å². The number of rotatable bonds is 3. The fourth-order valence-corrected chi connectivity index (χ4v) is 4.68. The van der Waals surface area contributed by atoms with Gasteiger partial charge in [-0.3, -0.25) is 4.99 Å². The van der Waals surface area contributed by atoms with Gasteiger partial charge in [0, 0.05) is 37.1 Å². The largest absolute Gasteiger partial charge is 0.368 e. The molecule has 2 aliphatic rings.